The number of nitrogens with zero attached hydrogens (tertiary/aromatic N) is 1. The Hall–Kier alpha value is -3.40. The van der Waals surface area contributed by atoms with Crippen LogP contribution in [-0.2, 0) is 25.7 Å². The van der Waals surface area contributed by atoms with E-state index in [1.165, 1.54) is 0 Å². The largest absolute Gasteiger partial charge is 0.464 e. The third kappa shape index (κ3) is 6.35. The molecular formula is C28H39N5O5. The van der Waals surface area contributed by atoms with Gasteiger partial charge in [-0.2, -0.15) is 0 Å². The minimum atomic E-state index is -0.631. The summed E-state index contributed by atoms with van der Waals surface area (Å²) in [7, 11) is 1.85. The van der Waals surface area contributed by atoms with Gasteiger partial charge in [0.15, 0.2) is 0 Å². The lowest BCUT2D eigenvalue weighted by Crippen LogP contribution is -2.56. The molecule has 206 valence electrons. The molecule has 0 bridgehead atoms. The van der Waals surface area contributed by atoms with Gasteiger partial charge in [0, 0.05) is 36.3 Å². The summed E-state index contributed by atoms with van der Waals surface area (Å²) in [6.45, 7) is 6.60. The Morgan fingerprint density at radius 1 is 1.08 bits per heavy atom. The van der Waals surface area contributed by atoms with Gasteiger partial charge in [-0.1, -0.05) is 31.6 Å². The summed E-state index contributed by atoms with van der Waals surface area (Å²) >= 11 is 0. The molecule has 0 saturated carbocycles. The van der Waals surface area contributed by atoms with E-state index in [2.05, 4.69) is 27.8 Å². The average Bonchev–Trinajstić information content (AvgIpc) is 3.52. The van der Waals surface area contributed by atoms with Crippen LogP contribution in [0.5, 0.6) is 0 Å². The second kappa shape index (κ2) is 12.4. The van der Waals surface area contributed by atoms with Crippen LogP contribution < -0.4 is 21.3 Å². The minimum Gasteiger partial charge on any atom is -0.464 e. The van der Waals surface area contributed by atoms with Crippen LogP contribution in [0, 0.1) is 0 Å². The molecule has 3 heterocycles. The minimum absolute atomic E-state index is 0.0199. The predicted molar refractivity (Wildman–Crippen MR) is 142 cm³/mol. The fourth-order valence-corrected chi connectivity index (χ4v) is 5.44. The van der Waals surface area contributed by atoms with Crippen molar-refractivity contribution in [3.8, 4) is 0 Å². The number of hydrogen-bond donors (Lipinski definition) is 4. The smallest absolute Gasteiger partial charge is 0.328 e. The fraction of sp³-hybridized carbons (Fsp3) is 0.571. The molecule has 4 rings (SSSR count). The summed E-state index contributed by atoms with van der Waals surface area (Å²) in [6, 6.07) is 5.46. The molecule has 3 aliphatic rings. The van der Waals surface area contributed by atoms with Gasteiger partial charge in [-0.25, -0.2) is 4.79 Å². The monoisotopic (exact) mass is 525 g/mol. The predicted octanol–water partition coefficient (Wildman–Crippen LogP) is 1.36. The molecule has 0 spiro atoms. The van der Waals surface area contributed by atoms with Gasteiger partial charge in [-0.05, 0) is 57.4 Å². The lowest BCUT2D eigenvalue weighted by Gasteiger charge is -2.36. The van der Waals surface area contributed by atoms with Gasteiger partial charge in [-0.15, -0.1) is 0 Å². The van der Waals surface area contributed by atoms with Crippen molar-refractivity contribution in [2.24, 2.45) is 0 Å². The number of carbonyl (C=O) groups is 4. The van der Waals surface area contributed by atoms with Gasteiger partial charge in [0.25, 0.3) is 5.91 Å². The zero-order chi connectivity index (χ0) is 27.2. The molecule has 5 atom stereocenters. The van der Waals surface area contributed by atoms with Crippen molar-refractivity contribution >= 4 is 23.7 Å². The van der Waals surface area contributed by atoms with Crippen LogP contribution in [0.1, 0.15) is 67.8 Å². The summed E-state index contributed by atoms with van der Waals surface area (Å²) in [5.41, 5.74) is 1.92. The normalized spacial score (nSPS) is 26.0. The average molecular weight is 526 g/mol. The van der Waals surface area contributed by atoms with E-state index in [1.807, 2.05) is 20.0 Å². The first-order valence-electron chi connectivity index (χ1n) is 13.6. The van der Waals surface area contributed by atoms with Crippen molar-refractivity contribution in [2.45, 2.75) is 88.6 Å². The Kier molecular flexibility index (Phi) is 9.04. The molecule has 10 nitrogen and oxygen atoms in total. The van der Waals surface area contributed by atoms with Crippen molar-refractivity contribution in [3.63, 3.8) is 0 Å². The summed E-state index contributed by atoms with van der Waals surface area (Å²) in [6.07, 6.45) is 5.48. The molecule has 0 unspecified atom stereocenters. The SMILES string of the molecule is C=C(N[C@H]1CCCC[C@H]2CC[C@@H](C(=O)NCc3cccc(C(=O)N[C@@H]4CCOC4=O)c3)N2C1=O)[C@H](C)NC. The van der Waals surface area contributed by atoms with Gasteiger partial charge in [0.05, 0.1) is 6.61 Å². The molecule has 38 heavy (non-hydrogen) atoms. The summed E-state index contributed by atoms with van der Waals surface area (Å²) < 4.78 is 4.90. The third-order valence-electron chi connectivity index (χ3n) is 7.85. The highest BCUT2D eigenvalue weighted by atomic mass is 16.5. The van der Waals surface area contributed by atoms with Gasteiger partial charge in [-0.3, -0.25) is 14.4 Å². The van der Waals surface area contributed by atoms with Crippen LogP contribution >= 0.6 is 0 Å². The van der Waals surface area contributed by atoms with Crippen LogP contribution in [0.25, 0.3) is 0 Å². The Labute approximate surface area is 223 Å². The maximum absolute atomic E-state index is 13.6. The molecule has 0 aromatic heterocycles. The Balaban J connectivity index is 1.38. The number of fused-ring (bicyclic) bond motifs is 1. The molecule has 1 aromatic rings. The van der Waals surface area contributed by atoms with E-state index < -0.39 is 24.1 Å². The number of ether oxygens (including phenoxy) is 1. The Morgan fingerprint density at radius 3 is 2.61 bits per heavy atom. The molecular weight excluding hydrogens is 486 g/mol. The van der Waals surface area contributed by atoms with Gasteiger partial charge < -0.3 is 30.9 Å². The second-order valence-electron chi connectivity index (χ2n) is 10.4. The molecule has 4 N–H and O–H groups in total. The van der Waals surface area contributed by atoms with Crippen molar-refractivity contribution in [1.29, 1.82) is 0 Å². The Bertz CT molecular complexity index is 1080. The van der Waals surface area contributed by atoms with Crippen LogP contribution in [0.3, 0.4) is 0 Å². The fourth-order valence-electron chi connectivity index (χ4n) is 5.44. The van der Waals surface area contributed by atoms with E-state index >= 15 is 0 Å². The quantitative estimate of drug-likeness (QED) is 0.359. The highest BCUT2D eigenvalue weighted by Crippen LogP contribution is 2.31. The van der Waals surface area contributed by atoms with E-state index in [9.17, 15) is 19.2 Å². The van der Waals surface area contributed by atoms with E-state index in [1.54, 1.807) is 23.1 Å². The topological polar surface area (TPSA) is 129 Å². The van der Waals surface area contributed by atoms with Crippen LogP contribution in [-0.4, -0.2) is 72.5 Å². The number of rotatable bonds is 9. The highest BCUT2D eigenvalue weighted by Gasteiger charge is 2.43. The molecule has 0 aliphatic carbocycles. The highest BCUT2D eigenvalue weighted by molar-refractivity contribution is 5.97. The van der Waals surface area contributed by atoms with Gasteiger partial charge in [0.2, 0.25) is 11.8 Å². The first-order chi connectivity index (χ1) is 18.3. The van der Waals surface area contributed by atoms with Crippen LogP contribution in [0.15, 0.2) is 36.5 Å². The molecule has 3 saturated heterocycles. The Morgan fingerprint density at radius 2 is 1.87 bits per heavy atom. The first kappa shape index (κ1) is 27.6. The number of esters is 1. The maximum Gasteiger partial charge on any atom is 0.328 e. The van der Waals surface area contributed by atoms with Gasteiger partial charge in [0.1, 0.15) is 18.1 Å². The molecule has 3 fully saturated rings. The molecule has 3 amide bonds. The standard InChI is InChI=1S/C28H39N5O5/c1-17(29-3)18(2)31-22-10-5-4-9-21-11-12-24(33(21)27(22)36)26(35)30-16-19-7-6-8-20(15-19)25(34)32-23-13-14-38-28(23)37/h6-8,15,17,21-24,29,31H,2,4-5,9-14,16H2,1,3H3,(H,30,35)(H,32,34)/t17-,21-,22-,23+,24-/m0/s1. The molecule has 3 aliphatic heterocycles. The van der Waals surface area contributed by atoms with Crippen molar-refractivity contribution in [1.82, 2.24) is 26.2 Å². The summed E-state index contributed by atoms with van der Waals surface area (Å²) in [5, 5.41) is 12.1. The van der Waals surface area contributed by atoms with Crippen molar-refractivity contribution in [2.75, 3.05) is 13.7 Å². The third-order valence-corrected chi connectivity index (χ3v) is 7.85. The van der Waals surface area contributed by atoms with E-state index in [4.69, 9.17) is 4.74 Å². The number of cyclic esters (lactones) is 1. The number of nitrogens with one attached hydrogen (secondary N) is 4. The zero-order valence-corrected chi connectivity index (χ0v) is 22.3. The molecule has 0 radical (unpaired) electrons. The lowest BCUT2D eigenvalue weighted by atomic mass is 9.98. The molecule has 10 heteroatoms. The maximum atomic E-state index is 13.6. The summed E-state index contributed by atoms with van der Waals surface area (Å²) in [5.74, 6) is -1.01. The van der Waals surface area contributed by atoms with Crippen LogP contribution in [0.4, 0.5) is 0 Å². The van der Waals surface area contributed by atoms with E-state index in [0.29, 0.717) is 31.4 Å². The number of likely N-dealkylation sites (N-methyl/N-ethyl adjacent to an activating group) is 1. The number of amides is 3. The lowest BCUT2D eigenvalue weighted by molar-refractivity contribution is -0.142. The molecule has 1 aromatic carbocycles. The second-order valence-corrected chi connectivity index (χ2v) is 10.4. The van der Waals surface area contributed by atoms with Crippen molar-refractivity contribution in [3.05, 3.63) is 47.7 Å². The van der Waals surface area contributed by atoms with Crippen molar-refractivity contribution < 1.29 is 23.9 Å². The zero-order valence-electron chi connectivity index (χ0n) is 22.3. The van der Waals surface area contributed by atoms with E-state index in [0.717, 1.165) is 36.9 Å². The first-order valence-corrected chi connectivity index (χ1v) is 13.6. The van der Waals surface area contributed by atoms with E-state index in [-0.39, 0.29) is 36.3 Å². The number of benzene rings is 1. The summed E-state index contributed by atoms with van der Waals surface area (Å²) in [4.78, 5) is 53.0. The number of carbonyl (C=O) groups excluding carboxylic acids is 4. The number of hydrogen-bond acceptors (Lipinski definition) is 7. The van der Waals surface area contributed by atoms with Gasteiger partial charge >= 0.3 is 5.97 Å². The van der Waals surface area contributed by atoms with Crippen LogP contribution in [0.2, 0.25) is 0 Å².